The number of para-hydroxylation sites is 1. The lowest BCUT2D eigenvalue weighted by molar-refractivity contribution is -0.131. The first kappa shape index (κ1) is 19.3. The molecular weight excluding hydrogens is 376 g/mol. The van der Waals surface area contributed by atoms with Gasteiger partial charge in [0.05, 0.1) is 13.2 Å². The van der Waals surface area contributed by atoms with E-state index in [0.29, 0.717) is 19.1 Å². The molecule has 156 valence electrons. The quantitative estimate of drug-likeness (QED) is 0.604. The van der Waals surface area contributed by atoms with Gasteiger partial charge in [-0.1, -0.05) is 24.3 Å². The van der Waals surface area contributed by atoms with E-state index in [1.165, 1.54) is 21.8 Å². The Balaban J connectivity index is 1.30. The fourth-order valence-corrected chi connectivity index (χ4v) is 4.83. The maximum absolute atomic E-state index is 12.7. The average Bonchev–Trinajstić information content (AvgIpc) is 3.44. The number of aromatic nitrogens is 1. The van der Waals surface area contributed by atoms with E-state index in [4.69, 9.17) is 9.47 Å². The number of piperidine rings is 1. The third kappa shape index (κ3) is 3.53. The molecule has 2 fully saturated rings. The van der Waals surface area contributed by atoms with Crippen molar-refractivity contribution in [1.82, 2.24) is 9.47 Å². The predicted octanol–water partition coefficient (Wildman–Crippen LogP) is 4.44. The van der Waals surface area contributed by atoms with Gasteiger partial charge in [0.1, 0.15) is 0 Å². The van der Waals surface area contributed by atoms with Gasteiger partial charge in [-0.25, -0.2) is 0 Å². The fraction of sp³-hybridized carbons (Fsp3) is 0.400. The lowest BCUT2D eigenvalue weighted by atomic mass is 9.96. The van der Waals surface area contributed by atoms with Crippen LogP contribution >= 0.6 is 0 Å². The van der Waals surface area contributed by atoms with Gasteiger partial charge in [-0.05, 0) is 49.6 Å². The minimum absolute atomic E-state index is 0.0743. The lowest BCUT2D eigenvalue weighted by Crippen LogP contribution is -2.40. The van der Waals surface area contributed by atoms with Gasteiger partial charge >= 0.3 is 0 Å². The highest BCUT2D eigenvalue weighted by molar-refractivity contribution is 6.08. The van der Waals surface area contributed by atoms with Crippen molar-refractivity contribution in [2.24, 2.45) is 5.92 Å². The highest BCUT2D eigenvalue weighted by Gasteiger charge is 2.31. The Morgan fingerprint density at radius 3 is 2.53 bits per heavy atom. The van der Waals surface area contributed by atoms with Crippen molar-refractivity contribution >= 4 is 33.8 Å². The Labute approximate surface area is 176 Å². The summed E-state index contributed by atoms with van der Waals surface area (Å²) in [7, 11) is 0. The number of aryl methyl sites for hydroxylation is 1. The number of fused-ring (bicyclic) bond motifs is 3. The van der Waals surface area contributed by atoms with E-state index in [1.54, 1.807) is 6.08 Å². The molecule has 5 heteroatoms. The van der Waals surface area contributed by atoms with Crippen LogP contribution in [-0.4, -0.2) is 48.0 Å². The van der Waals surface area contributed by atoms with Crippen LogP contribution in [0, 0.1) is 5.92 Å². The summed E-state index contributed by atoms with van der Waals surface area (Å²) in [5.41, 5.74) is 3.54. The number of hydrogen-bond donors (Lipinski definition) is 0. The zero-order valence-electron chi connectivity index (χ0n) is 17.4. The SMILES string of the molecule is CCn1c2ccccc2c2cc(/C=C/C(=O)N3CCC(C4OCCO4)CC3)ccc21. The second-order valence-electron chi connectivity index (χ2n) is 8.14. The van der Waals surface area contributed by atoms with Crippen LogP contribution in [0.4, 0.5) is 0 Å². The van der Waals surface area contributed by atoms with Crippen molar-refractivity contribution in [1.29, 1.82) is 0 Å². The van der Waals surface area contributed by atoms with Gasteiger partial charge in [-0.2, -0.15) is 0 Å². The largest absolute Gasteiger partial charge is 0.350 e. The van der Waals surface area contributed by atoms with E-state index >= 15 is 0 Å². The first-order chi connectivity index (χ1) is 14.7. The molecule has 1 aromatic heterocycles. The summed E-state index contributed by atoms with van der Waals surface area (Å²) in [6.07, 6.45) is 5.45. The zero-order chi connectivity index (χ0) is 20.5. The Morgan fingerprint density at radius 2 is 1.77 bits per heavy atom. The number of nitrogens with zero attached hydrogens (tertiary/aromatic N) is 2. The standard InChI is InChI=1S/C25H28N2O3/c1-2-27-22-6-4-3-5-20(22)21-17-18(7-9-23(21)27)8-10-24(28)26-13-11-19(12-14-26)25-29-15-16-30-25/h3-10,17,19,25H,2,11-16H2,1H3/b10-8+. The molecule has 3 heterocycles. The third-order valence-electron chi connectivity index (χ3n) is 6.41. The van der Waals surface area contributed by atoms with Crippen LogP contribution < -0.4 is 0 Å². The topological polar surface area (TPSA) is 43.7 Å². The summed E-state index contributed by atoms with van der Waals surface area (Å²) in [6.45, 7) is 6.01. The molecule has 0 N–H and O–H groups in total. The first-order valence-corrected chi connectivity index (χ1v) is 11.0. The van der Waals surface area contributed by atoms with Crippen molar-refractivity contribution in [3.63, 3.8) is 0 Å². The summed E-state index contributed by atoms with van der Waals surface area (Å²) in [5, 5.41) is 2.49. The molecule has 2 saturated heterocycles. The molecule has 2 aliphatic heterocycles. The van der Waals surface area contributed by atoms with Crippen LogP contribution in [-0.2, 0) is 20.8 Å². The molecule has 2 aliphatic rings. The van der Waals surface area contributed by atoms with E-state index in [1.807, 2.05) is 11.0 Å². The first-order valence-electron chi connectivity index (χ1n) is 11.0. The Morgan fingerprint density at radius 1 is 1.03 bits per heavy atom. The summed E-state index contributed by atoms with van der Waals surface area (Å²) in [5.74, 6) is 0.483. The van der Waals surface area contributed by atoms with E-state index in [2.05, 4.69) is 54.0 Å². The summed E-state index contributed by atoms with van der Waals surface area (Å²) < 4.78 is 13.6. The second kappa shape index (κ2) is 8.25. The minimum Gasteiger partial charge on any atom is -0.350 e. The summed E-state index contributed by atoms with van der Waals surface area (Å²) >= 11 is 0. The number of carbonyl (C=O) groups is 1. The zero-order valence-corrected chi connectivity index (χ0v) is 17.4. The number of ether oxygens (including phenoxy) is 2. The number of hydrogen-bond acceptors (Lipinski definition) is 3. The van der Waals surface area contributed by atoms with Gasteiger partial charge in [-0.15, -0.1) is 0 Å². The molecule has 0 unspecified atom stereocenters. The van der Waals surface area contributed by atoms with E-state index in [-0.39, 0.29) is 12.2 Å². The normalized spacial score (nSPS) is 18.9. The molecule has 0 spiro atoms. The Kier molecular flexibility index (Phi) is 5.32. The molecule has 2 aromatic carbocycles. The Bertz CT molecular complexity index is 1090. The van der Waals surface area contributed by atoms with Gasteiger partial charge in [0.15, 0.2) is 6.29 Å². The predicted molar refractivity (Wildman–Crippen MR) is 119 cm³/mol. The summed E-state index contributed by atoms with van der Waals surface area (Å²) in [4.78, 5) is 14.6. The highest BCUT2D eigenvalue weighted by Crippen LogP contribution is 2.30. The molecule has 0 atom stereocenters. The number of benzene rings is 2. The van der Waals surface area contributed by atoms with E-state index < -0.39 is 0 Å². The maximum Gasteiger partial charge on any atom is 0.246 e. The smallest absolute Gasteiger partial charge is 0.246 e. The molecule has 3 aromatic rings. The number of likely N-dealkylation sites (tertiary alicyclic amines) is 1. The molecule has 0 saturated carbocycles. The number of rotatable bonds is 4. The van der Waals surface area contributed by atoms with Crippen molar-refractivity contribution in [3.8, 4) is 0 Å². The van der Waals surface area contributed by atoms with E-state index in [9.17, 15) is 4.79 Å². The molecular formula is C25H28N2O3. The van der Waals surface area contributed by atoms with Crippen LogP contribution in [0.15, 0.2) is 48.5 Å². The monoisotopic (exact) mass is 404 g/mol. The van der Waals surface area contributed by atoms with Crippen LogP contribution in [0.5, 0.6) is 0 Å². The van der Waals surface area contributed by atoms with E-state index in [0.717, 1.165) is 38.0 Å². The van der Waals surface area contributed by atoms with Gasteiger partial charge < -0.3 is 18.9 Å². The molecule has 5 rings (SSSR count). The molecule has 0 bridgehead atoms. The van der Waals surface area contributed by atoms with Crippen LogP contribution in [0.2, 0.25) is 0 Å². The fourth-order valence-electron chi connectivity index (χ4n) is 4.83. The lowest BCUT2D eigenvalue weighted by Gasteiger charge is -2.33. The van der Waals surface area contributed by atoms with Gasteiger partial charge in [0.2, 0.25) is 5.91 Å². The average molecular weight is 405 g/mol. The molecule has 30 heavy (non-hydrogen) atoms. The highest BCUT2D eigenvalue weighted by atomic mass is 16.7. The maximum atomic E-state index is 12.7. The van der Waals surface area contributed by atoms with Crippen molar-refractivity contribution in [3.05, 3.63) is 54.1 Å². The molecule has 0 aliphatic carbocycles. The molecule has 0 radical (unpaired) electrons. The molecule has 5 nitrogen and oxygen atoms in total. The number of amides is 1. The Hall–Kier alpha value is -2.63. The third-order valence-corrected chi connectivity index (χ3v) is 6.41. The summed E-state index contributed by atoms with van der Waals surface area (Å²) in [6, 6.07) is 15.0. The van der Waals surface area contributed by atoms with Crippen molar-refractivity contribution in [2.75, 3.05) is 26.3 Å². The van der Waals surface area contributed by atoms with Crippen LogP contribution in [0.3, 0.4) is 0 Å². The van der Waals surface area contributed by atoms with Crippen LogP contribution in [0.25, 0.3) is 27.9 Å². The van der Waals surface area contributed by atoms with Gasteiger partial charge in [-0.3, -0.25) is 4.79 Å². The number of carbonyl (C=O) groups excluding carboxylic acids is 1. The second-order valence-corrected chi connectivity index (χ2v) is 8.14. The molecule has 1 amide bonds. The van der Waals surface area contributed by atoms with Crippen LogP contribution in [0.1, 0.15) is 25.3 Å². The van der Waals surface area contributed by atoms with Crippen molar-refractivity contribution in [2.45, 2.75) is 32.6 Å². The minimum atomic E-state index is -0.0743. The van der Waals surface area contributed by atoms with Gasteiger partial charge in [0, 0.05) is 53.4 Å². The van der Waals surface area contributed by atoms with Crippen molar-refractivity contribution < 1.29 is 14.3 Å². The van der Waals surface area contributed by atoms with Gasteiger partial charge in [0.25, 0.3) is 0 Å².